The first-order chi connectivity index (χ1) is 29.2. The lowest BCUT2D eigenvalue weighted by molar-refractivity contribution is 0.866. The van der Waals surface area contributed by atoms with E-state index in [0.717, 1.165) is 68.0 Å². The van der Waals surface area contributed by atoms with Crippen molar-refractivity contribution in [3.05, 3.63) is 205 Å². The SMILES string of the molecule is C1=Cc2c(c3nc(-c4ccccc4)n(-c4ccc(-c5ccc(-c6nc(-c7ccccc7)nc(-c7ccc(-c8ccccc8)cc7)n6)cc5)cc4)c3c3ccccc23)CN1. The lowest BCUT2D eigenvalue weighted by Crippen LogP contribution is -2.11. The van der Waals surface area contributed by atoms with Gasteiger partial charge in [0.15, 0.2) is 17.5 Å². The van der Waals surface area contributed by atoms with Gasteiger partial charge in [0.05, 0.1) is 11.0 Å². The minimum absolute atomic E-state index is 0.628. The first kappa shape index (κ1) is 34.3. The summed E-state index contributed by atoms with van der Waals surface area (Å²) in [4.78, 5) is 20.3. The Balaban J connectivity index is 0.964. The molecule has 0 saturated carbocycles. The summed E-state index contributed by atoms with van der Waals surface area (Å²) in [5, 5.41) is 5.85. The summed E-state index contributed by atoms with van der Waals surface area (Å²) < 4.78 is 2.33. The molecule has 1 N–H and O–H groups in total. The van der Waals surface area contributed by atoms with Crippen molar-refractivity contribution in [3.63, 3.8) is 0 Å². The maximum absolute atomic E-state index is 5.38. The van der Waals surface area contributed by atoms with Crippen LogP contribution in [0.1, 0.15) is 11.1 Å². The van der Waals surface area contributed by atoms with Gasteiger partial charge in [0.25, 0.3) is 0 Å². The van der Waals surface area contributed by atoms with Crippen LogP contribution >= 0.6 is 0 Å². The zero-order valence-electron chi connectivity index (χ0n) is 32.0. The number of fused-ring (bicyclic) bond motifs is 6. The maximum atomic E-state index is 5.38. The minimum Gasteiger partial charge on any atom is -0.387 e. The Morgan fingerprint density at radius 3 is 1.37 bits per heavy atom. The standard InChI is InChI=1S/C53H36N6/c1-4-12-35(13-5-1)36-20-24-40(25-21-36)51-56-50(39-14-6-2-7-15-39)57-52(58-51)41-26-22-37(23-27-41)38-28-30-43(31-29-38)59-49-46-19-11-10-18-44(46)45-32-33-54-34-47(45)48(49)55-53(59)42-16-8-3-9-17-42/h1-33,54H,34H2. The second-order valence-corrected chi connectivity index (χ2v) is 14.7. The van der Waals surface area contributed by atoms with Crippen LogP contribution in [-0.4, -0.2) is 24.5 Å². The highest BCUT2D eigenvalue weighted by atomic mass is 15.1. The van der Waals surface area contributed by atoms with E-state index in [1.54, 1.807) is 0 Å². The van der Waals surface area contributed by atoms with E-state index in [0.29, 0.717) is 17.5 Å². The molecule has 1 aliphatic rings. The Morgan fingerprint density at radius 1 is 0.390 bits per heavy atom. The maximum Gasteiger partial charge on any atom is 0.164 e. The molecule has 0 unspecified atom stereocenters. The van der Waals surface area contributed by atoms with Crippen molar-refractivity contribution < 1.29 is 0 Å². The number of imidazole rings is 1. The molecular formula is C53H36N6. The molecule has 59 heavy (non-hydrogen) atoms. The van der Waals surface area contributed by atoms with Crippen molar-refractivity contribution in [2.45, 2.75) is 6.54 Å². The highest BCUT2D eigenvalue weighted by Gasteiger charge is 2.23. The van der Waals surface area contributed by atoms with E-state index < -0.39 is 0 Å². The minimum atomic E-state index is 0.628. The first-order valence-corrected chi connectivity index (χ1v) is 19.9. The number of hydrogen-bond acceptors (Lipinski definition) is 5. The predicted molar refractivity (Wildman–Crippen MR) is 240 cm³/mol. The number of nitrogens with zero attached hydrogens (tertiary/aromatic N) is 5. The molecule has 1 aliphatic heterocycles. The van der Waals surface area contributed by atoms with Gasteiger partial charge in [-0.1, -0.05) is 176 Å². The summed E-state index contributed by atoms with van der Waals surface area (Å²) in [5.74, 6) is 2.82. The Labute approximate surface area is 341 Å². The molecule has 11 rings (SSSR count). The van der Waals surface area contributed by atoms with Crippen molar-refractivity contribution in [1.82, 2.24) is 29.8 Å². The Hall–Kier alpha value is -7.96. The molecule has 6 nitrogen and oxygen atoms in total. The van der Waals surface area contributed by atoms with Crippen molar-refractivity contribution in [2.24, 2.45) is 0 Å². The molecule has 10 aromatic rings. The van der Waals surface area contributed by atoms with Crippen molar-refractivity contribution in [1.29, 1.82) is 0 Å². The molecule has 6 heteroatoms. The van der Waals surface area contributed by atoms with Crippen LogP contribution in [0.3, 0.4) is 0 Å². The predicted octanol–water partition coefficient (Wildman–Crippen LogP) is 12.4. The number of hydrogen-bond donors (Lipinski definition) is 1. The summed E-state index contributed by atoms with van der Waals surface area (Å²) >= 11 is 0. The second-order valence-electron chi connectivity index (χ2n) is 14.7. The third-order valence-corrected chi connectivity index (χ3v) is 11.2. The Bertz CT molecular complexity index is 3160. The molecule has 0 amide bonds. The highest BCUT2D eigenvalue weighted by Crippen LogP contribution is 2.39. The quantitative estimate of drug-likeness (QED) is 0.175. The third kappa shape index (κ3) is 6.24. The fourth-order valence-electron chi connectivity index (χ4n) is 8.21. The monoisotopic (exact) mass is 756 g/mol. The first-order valence-electron chi connectivity index (χ1n) is 19.9. The zero-order chi connectivity index (χ0) is 39.1. The molecule has 8 aromatic carbocycles. The van der Waals surface area contributed by atoms with Gasteiger partial charge in [-0.15, -0.1) is 0 Å². The lowest BCUT2D eigenvalue weighted by atomic mass is 9.95. The van der Waals surface area contributed by atoms with Crippen LogP contribution in [-0.2, 0) is 6.54 Å². The van der Waals surface area contributed by atoms with Gasteiger partial charge in [-0.2, -0.15) is 0 Å². The topological polar surface area (TPSA) is 68.5 Å². The third-order valence-electron chi connectivity index (χ3n) is 11.2. The van der Waals surface area contributed by atoms with E-state index in [9.17, 15) is 0 Å². The van der Waals surface area contributed by atoms with Crippen LogP contribution in [0.25, 0.3) is 101 Å². The highest BCUT2D eigenvalue weighted by molar-refractivity contribution is 6.12. The smallest absolute Gasteiger partial charge is 0.164 e. The molecule has 0 aliphatic carbocycles. The van der Waals surface area contributed by atoms with Crippen LogP contribution in [0.4, 0.5) is 0 Å². The van der Waals surface area contributed by atoms with Crippen LogP contribution in [0.5, 0.6) is 0 Å². The van der Waals surface area contributed by atoms with E-state index in [1.807, 2.05) is 42.6 Å². The molecule has 0 saturated heterocycles. The number of benzene rings is 8. The van der Waals surface area contributed by atoms with Crippen molar-refractivity contribution in [2.75, 3.05) is 0 Å². The second kappa shape index (κ2) is 14.5. The van der Waals surface area contributed by atoms with Crippen LogP contribution in [0, 0.1) is 0 Å². The molecule has 278 valence electrons. The van der Waals surface area contributed by atoms with Crippen molar-refractivity contribution >= 4 is 27.9 Å². The summed E-state index contributed by atoms with van der Waals surface area (Å²) in [6.45, 7) is 0.731. The van der Waals surface area contributed by atoms with Crippen LogP contribution in [0.2, 0.25) is 0 Å². The average Bonchev–Trinajstić information content (AvgIpc) is 3.74. The molecule has 0 spiro atoms. The van der Waals surface area contributed by atoms with Gasteiger partial charge in [0.2, 0.25) is 0 Å². The average molecular weight is 757 g/mol. The molecule has 0 bridgehead atoms. The summed E-state index contributed by atoms with van der Waals surface area (Å²) in [6, 6.07) is 65.4. The van der Waals surface area contributed by atoms with Gasteiger partial charge >= 0.3 is 0 Å². The molecule has 3 heterocycles. The van der Waals surface area contributed by atoms with E-state index in [1.165, 1.54) is 27.5 Å². The van der Waals surface area contributed by atoms with E-state index >= 15 is 0 Å². The molecule has 0 atom stereocenters. The Kier molecular flexibility index (Phi) is 8.44. The van der Waals surface area contributed by atoms with Gasteiger partial charge in [0.1, 0.15) is 5.82 Å². The summed E-state index contributed by atoms with van der Waals surface area (Å²) in [5.41, 5.74) is 14.0. The summed E-state index contributed by atoms with van der Waals surface area (Å²) in [6.07, 6.45) is 4.21. The fourth-order valence-corrected chi connectivity index (χ4v) is 8.21. The Morgan fingerprint density at radius 2 is 0.814 bits per heavy atom. The number of aromatic nitrogens is 5. The number of nitrogens with one attached hydrogen (secondary N) is 1. The van der Waals surface area contributed by atoms with Gasteiger partial charge in [-0.3, -0.25) is 4.57 Å². The van der Waals surface area contributed by atoms with E-state index in [4.69, 9.17) is 19.9 Å². The van der Waals surface area contributed by atoms with E-state index in [2.05, 4.69) is 168 Å². The largest absolute Gasteiger partial charge is 0.387 e. The molecule has 0 radical (unpaired) electrons. The molecular weight excluding hydrogens is 721 g/mol. The lowest BCUT2D eigenvalue weighted by Gasteiger charge is -2.17. The van der Waals surface area contributed by atoms with Gasteiger partial charge in [-0.25, -0.2) is 19.9 Å². The van der Waals surface area contributed by atoms with Crippen molar-refractivity contribution in [3.8, 4) is 73.5 Å². The van der Waals surface area contributed by atoms with Gasteiger partial charge < -0.3 is 5.32 Å². The number of rotatable bonds is 7. The molecule has 2 aromatic heterocycles. The normalized spacial score (nSPS) is 12.1. The van der Waals surface area contributed by atoms with Crippen LogP contribution in [0.15, 0.2) is 194 Å². The summed E-state index contributed by atoms with van der Waals surface area (Å²) in [7, 11) is 0. The van der Waals surface area contributed by atoms with Crippen LogP contribution < -0.4 is 5.32 Å². The van der Waals surface area contributed by atoms with E-state index in [-0.39, 0.29) is 0 Å². The van der Waals surface area contributed by atoms with Gasteiger partial charge in [-0.05, 0) is 57.6 Å². The molecule has 0 fully saturated rings. The zero-order valence-corrected chi connectivity index (χ0v) is 32.0. The fraction of sp³-hybridized carbons (Fsp3) is 0.0189. The van der Waals surface area contributed by atoms with Gasteiger partial charge in [0, 0.05) is 45.4 Å².